The van der Waals surface area contributed by atoms with E-state index in [1.165, 1.54) is 12.8 Å². The van der Waals surface area contributed by atoms with E-state index in [0.29, 0.717) is 17.2 Å². The van der Waals surface area contributed by atoms with Gasteiger partial charge in [0.05, 0.1) is 5.02 Å². The fraction of sp³-hybridized carbons (Fsp3) is 0.611. The molecular formula is C18H27ClN2O2. The molecule has 1 aliphatic heterocycles. The average Bonchev–Trinajstić information content (AvgIpc) is 2.56. The first kappa shape index (κ1) is 18.1. The Bertz CT molecular complexity index is 502. The van der Waals surface area contributed by atoms with Gasteiger partial charge in [0.25, 0.3) is 5.91 Å². The van der Waals surface area contributed by atoms with Gasteiger partial charge in [0.1, 0.15) is 5.75 Å². The zero-order valence-electron chi connectivity index (χ0n) is 14.1. The zero-order chi connectivity index (χ0) is 16.7. The third-order valence-electron chi connectivity index (χ3n) is 4.46. The van der Waals surface area contributed by atoms with Crippen LogP contribution in [0.25, 0.3) is 0 Å². The number of rotatable bonds is 7. The minimum Gasteiger partial charge on any atom is -0.479 e. The summed E-state index contributed by atoms with van der Waals surface area (Å²) in [5.41, 5.74) is 0. The third kappa shape index (κ3) is 5.70. The van der Waals surface area contributed by atoms with Gasteiger partial charge in [-0.2, -0.15) is 0 Å². The number of hydrogen-bond donors (Lipinski definition) is 1. The van der Waals surface area contributed by atoms with Crippen molar-refractivity contribution in [2.24, 2.45) is 5.92 Å². The summed E-state index contributed by atoms with van der Waals surface area (Å²) in [4.78, 5) is 14.7. The Labute approximate surface area is 144 Å². The van der Waals surface area contributed by atoms with Gasteiger partial charge in [-0.05, 0) is 63.9 Å². The van der Waals surface area contributed by atoms with Gasteiger partial charge in [-0.3, -0.25) is 4.79 Å². The summed E-state index contributed by atoms with van der Waals surface area (Å²) in [6, 6.07) is 7.25. The Hall–Kier alpha value is -1.26. The molecule has 128 valence electrons. The first-order valence-corrected chi connectivity index (χ1v) is 8.85. The van der Waals surface area contributed by atoms with Crippen molar-refractivity contribution < 1.29 is 9.53 Å². The van der Waals surface area contributed by atoms with Crippen LogP contribution in [0.2, 0.25) is 5.02 Å². The first-order valence-electron chi connectivity index (χ1n) is 8.47. The zero-order valence-corrected chi connectivity index (χ0v) is 14.8. The maximum atomic E-state index is 12.3. The largest absolute Gasteiger partial charge is 0.479 e. The molecule has 2 rings (SSSR count). The van der Waals surface area contributed by atoms with Gasteiger partial charge < -0.3 is 15.0 Å². The van der Waals surface area contributed by atoms with Crippen molar-refractivity contribution in [2.75, 3.05) is 26.7 Å². The molecule has 5 heteroatoms. The van der Waals surface area contributed by atoms with Crippen LogP contribution < -0.4 is 10.1 Å². The molecule has 1 saturated heterocycles. The highest BCUT2D eigenvalue weighted by Gasteiger charge is 2.20. The number of benzene rings is 1. The highest BCUT2D eigenvalue weighted by Crippen LogP contribution is 2.25. The van der Waals surface area contributed by atoms with Crippen molar-refractivity contribution in [1.29, 1.82) is 0 Å². The van der Waals surface area contributed by atoms with Gasteiger partial charge in [0.2, 0.25) is 0 Å². The normalized spacial score (nSPS) is 17.7. The van der Waals surface area contributed by atoms with Gasteiger partial charge in [-0.15, -0.1) is 0 Å². The fourth-order valence-electron chi connectivity index (χ4n) is 2.88. The summed E-state index contributed by atoms with van der Waals surface area (Å²) in [6.07, 6.45) is 3.61. The lowest BCUT2D eigenvalue weighted by atomic mass is 9.94. The van der Waals surface area contributed by atoms with E-state index in [1.54, 1.807) is 12.1 Å². The standard InChI is InChI=1S/C18H27ClN2O2/c1-3-16(23-17-7-5-4-6-15(17)19)18(22)20-11-8-14-9-12-21(2)13-10-14/h4-7,14,16H,3,8-13H2,1-2H3,(H,20,22). The molecule has 1 aromatic rings. The Morgan fingerprint density at radius 3 is 2.74 bits per heavy atom. The lowest BCUT2D eigenvalue weighted by molar-refractivity contribution is -0.128. The quantitative estimate of drug-likeness (QED) is 0.829. The number of hydrogen-bond acceptors (Lipinski definition) is 3. The van der Waals surface area contributed by atoms with Crippen LogP contribution >= 0.6 is 11.6 Å². The van der Waals surface area contributed by atoms with Gasteiger partial charge in [0, 0.05) is 6.54 Å². The maximum Gasteiger partial charge on any atom is 0.261 e. The summed E-state index contributed by atoms with van der Waals surface area (Å²) in [7, 11) is 2.16. The third-order valence-corrected chi connectivity index (χ3v) is 4.77. The van der Waals surface area contributed by atoms with Crippen LogP contribution in [0, 0.1) is 5.92 Å². The Kier molecular flexibility index (Phi) is 7.18. The van der Waals surface area contributed by atoms with E-state index in [4.69, 9.17) is 16.3 Å². The molecule has 1 atom stereocenters. The molecule has 4 nitrogen and oxygen atoms in total. The van der Waals surface area contributed by atoms with E-state index in [0.717, 1.165) is 32.0 Å². The number of amides is 1. The van der Waals surface area contributed by atoms with Crippen molar-refractivity contribution >= 4 is 17.5 Å². The van der Waals surface area contributed by atoms with Crippen molar-refractivity contribution in [2.45, 2.75) is 38.7 Å². The number of ether oxygens (including phenoxy) is 1. The van der Waals surface area contributed by atoms with Crippen LogP contribution in [-0.4, -0.2) is 43.6 Å². The lowest BCUT2D eigenvalue weighted by Crippen LogP contribution is -2.39. The highest BCUT2D eigenvalue weighted by molar-refractivity contribution is 6.32. The van der Waals surface area contributed by atoms with Gasteiger partial charge in [0.15, 0.2) is 6.10 Å². The molecule has 0 saturated carbocycles. The number of halogens is 1. The second-order valence-corrected chi connectivity index (χ2v) is 6.68. The number of likely N-dealkylation sites (tertiary alicyclic amines) is 1. The van der Waals surface area contributed by atoms with Crippen LogP contribution in [0.4, 0.5) is 0 Å². The van der Waals surface area contributed by atoms with E-state index in [2.05, 4.69) is 17.3 Å². The number of para-hydroxylation sites is 1. The Morgan fingerprint density at radius 2 is 2.09 bits per heavy atom. The van der Waals surface area contributed by atoms with Crippen molar-refractivity contribution in [1.82, 2.24) is 10.2 Å². The van der Waals surface area contributed by atoms with Crippen LogP contribution in [0.15, 0.2) is 24.3 Å². The topological polar surface area (TPSA) is 41.6 Å². The summed E-state index contributed by atoms with van der Waals surface area (Å²) in [5.74, 6) is 1.22. The summed E-state index contributed by atoms with van der Waals surface area (Å²) < 4.78 is 5.76. The van der Waals surface area contributed by atoms with E-state index >= 15 is 0 Å². The lowest BCUT2D eigenvalue weighted by Gasteiger charge is -2.29. The molecule has 1 amide bonds. The SMILES string of the molecule is CCC(Oc1ccccc1Cl)C(=O)NCCC1CCN(C)CC1. The van der Waals surface area contributed by atoms with Gasteiger partial charge in [-0.25, -0.2) is 0 Å². The molecule has 0 spiro atoms. The molecule has 1 unspecified atom stereocenters. The first-order chi connectivity index (χ1) is 11.1. The second-order valence-electron chi connectivity index (χ2n) is 6.27. The second kappa shape index (κ2) is 9.14. The van der Waals surface area contributed by atoms with Gasteiger partial charge in [-0.1, -0.05) is 30.7 Å². The molecule has 0 aromatic heterocycles. The van der Waals surface area contributed by atoms with Crippen LogP contribution in [-0.2, 0) is 4.79 Å². The number of nitrogens with one attached hydrogen (secondary N) is 1. The maximum absolute atomic E-state index is 12.3. The summed E-state index contributed by atoms with van der Waals surface area (Å²) >= 11 is 6.09. The van der Waals surface area contributed by atoms with Crippen molar-refractivity contribution in [3.05, 3.63) is 29.3 Å². The smallest absolute Gasteiger partial charge is 0.261 e. The molecular weight excluding hydrogens is 312 g/mol. The number of carbonyl (C=O) groups is 1. The Morgan fingerprint density at radius 1 is 1.39 bits per heavy atom. The van der Waals surface area contributed by atoms with Crippen molar-refractivity contribution in [3.8, 4) is 5.75 Å². The molecule has 1 aliphatic rings. The monoisotopic (exact) mass is 338 g/mol. The Balaban J connectivity index is 1.75. The van der Waals surface area contributed by atoms with Crippen LogP contribution in [0.1, 0.15) is 32.6 Å². The van der Waals surface area contributed by atoms with E-state index < -0.39 is 6.10 Å². The van der Waals surface area contributed by atoms with E-state index in [1.807, 2.05) is 19.1 Å². The average molecular weight is 339 g/mol. The molecule has 1 N–H and O–H groups in total. The van der Waals surface area contributed by atoms with Crippen LogP contribution in [0.5, 0.6) is 5.75 Å². The van der Waals surface area contributed by atoms with Gasteiger partial charge >= 0.3 is 0 Å². The van der Waals surface area contributed by atoms with Crippen LogP contribution in [0.3, 0.4) is 0 Å². The predicted octanol–water partition coefficient (Wildman–Crippen LogP) is 3.35. The molecule has 1 heterocycles. The molecule has 23 heavy (non-hydrogen) atoms. The van der Waals surface area contributed by atoms with Crippen molar-refractivity contribution in [3.63, 3.8) is 0 Å². The number of piperidine rings is 1. The van der Waals surface area contributed by atoms with E-state index in [-0.39, 0.29) is 5.91 Å². The minimum absolute atomic E-state index is 0.0552. The predicted molar refractivity (Wildman–Crippen MR) is 94.0 cm³/mol. The molecule has 1 aromatic carbocycles. The number of carbonyl (C=O) groups excluding carboxylic acids is 1. The number of nitrogens with zero attached hydrogens (tertiary/aromatic N) is 1. The van der Waals surface area contributed by atoms with E-state index in [9.17, 15) is 4.79 Å². The highest BCUT2D eigenvalue weighted by atomic mass is 35.5. The molecule has 1 fully saturated rings. The summed E-state index contributed by atoms with van der Waals surface area (Å²) in [5, 5.41) is 3.54. The minimum atomic E-state index is -0.493. The molecule has 0 radical (unpaired) electrons. The molecule has 0 aliphatic carbocycles. The fourth-order valence-corrected chi connectivity index (χ4v) is 3.06. The molecule has 0 bridgehead atoms. The summed E-state index contributed by atoms with van der Waals surface area (Å²) in [6.45, 7) is 4.98.